The van der Waals surface area contributed by atoms with Gasteiger partial charge in [0.25, 0.3) is 0 Å². The van der Waals surface area contributed by atoms with Crippen LogP contribution >= 0.6 is 7.82 Å². The highest BCUT2D eigenvalue weighted by atomic mass is 31.2. The topological polar surface area (TPSA) is 89.5 Å². The Kier molecular flexibility index (Phi) is 3.65. The molecule has 0 fully saturated rings. The number of phosphoric acid groups is 1. The summed E-state index contributed by atoms with van der Waals surface area (Å²) in [6.07, 6.45) is 0.393. The van der Waals surface area contributed by atoms with Crippen LogP contribution in [0, 0.1) is 0 Å². The Morgan fingerprint density at radius 2 is 2.11 bits per heavy atom. The molecule has 0 saturated heterocycles. The summed E-state index contributed by atoms with van der Waals surface area (Å²) in [6, 6.07) is 0. The minimum absolute atomic E-state index is 0.0749. The van der Waals surface area contributed by atoms with Gasteiger partial charge in [-0.3, -0.25) is 0 Å². The quantitative estimate of drug-likeness (QED) is 0.275. The molecule has 0 N–H and O–H groups in total. The van der Waals surface area contributed by atoms with Gasteiger partial charge < -0.3 is 23.7 Å². The van der Waals surface area contributed by atoms with Crippen molar-refractivity contribution in [3.63, 3.8) is 0 Å². The van der Waals surface area contributed by atoms with Gasteiger partial charge in [0.1, 0.15) is 6.29 Å². The number of hydrogen-bond acceptors (Lipinski definition) is 5. The Morgan fingerprint density at radius 3 is 2.44 bits per heavy atom. The monoisotopic (exact) mass is 152 g/mol. The third kappa shape index (κ3) is 7.78. The Morgan fingerprint density at radius 1 is 1.56 bits per heavy atom. The lowest BCUT2D eigenvalue weighted by Gasteiger charge is -2.27. The van der Waals surface area contributed by atoms with Crippen molar-refractivity contribution >= 4 is 14.1 Å². The van der Waals surface area contributed by atoms with Gasteiger partial charge in [0.15, 0.2) is 0 Å². The SMILES string of the molecule is O=CCCOP(=O)([O-])[O-]. The predicted octanol–water partition coefficient (Wildman–Crippen LogP) is -1.58. The Labute approximate surface area is 51.9 Å². The van der Waals surface area contributed by atoms with Crippen LogP contribution in [0.15, 0.2) is 0 Å². The van der Waals surface area contributed by atoms with Gasteiger partial charge in [-0.25, -0.2) is 0 Å². The zero-order valence-corrected chi connectivity index (χ0v) is 5.37. The van der Waals surface area contributed by atoms with Crippen LogP contribution in [0.25, 0.3) is 0 Å². The van der Waals surface area contributed by atoms with Crippen molar-refractivity contribution < 1.29 is 23.7 Å². The molecule has 0 bridgehead atoms. The van der Waals surface area contributed by atoms with Gasteiger partial charge in [-0.2, -0.15) is 0 Å². The van der Waals surface area contributed by atoms with E-state index in [2.05, 4.69) is 4.52 Å². The Hall–Kier alpha value is -0.220. The maximum absolute atomic E-state index is 9.64. The van der Waals surface area contributed by atoms with E-state index in [9.17, 15) is 19.1 Å². The molecule has 54 valence electrons. The predicted molar refractivity (Wildman–Crippen MR) is 24.2 cm³/mol. The van der Waals surface area contributed by atoms with Crippen molar-refractivity contribution in [2.45, 2.75) is 6.42 Å². The molecule has 0 saturated carbocycles. The second kappa shape index (κ2) is 3.74. The van der Waals surface area contributed by atoms with Gasteiger partial charge in [-0.1, -0.05) is 0 Å². The van der Waals surface area contributed by atoms with E-state index in [-0.39, 0.29) is 13.0 Å². The first kappa shape index (κ1) is 8.78. The standard InChI is InChI=1S/C3H7O5P/c4-2-1-3-8-9(5,6)7/h2H,1,3H2,(H2,5,6,7)/p-2. The smallest absolute Gasteiger partial charge is 0.122 e. The van der Waals surface area contributed by atoms with Gasteiger partial charge in [-0.15, -0.1) is 0 Å². The van der Waals surface area contributed by atoms with Crippen molar-refractivity contribution in [3.8, 4) is 0 Å². The minimum Gasteiger partial charge on any atom is -0.790 e. The fraction of sp³-hybridized carbons (Fsp3) is 0.667. The molecule has 0 atom stereocenters. The summed E-state index contributed by atoms with van der Waals surface area (Å²) in [5.74, 6) is 0. The fourth-order valence-electron chi connectivity index (χ4n) is 0.213. The fourth-order valence-corrected chi connectivity index (χ4v) is 0.542. The lowest BCUT2D eigenvalue weighted by molar-refractivity contribution is -0.341. The summed E-state index contributed by atoms with van der Waals surface area (Å²) in [5, 5.41) is 0. The molecule has 0 aliphatic rings. The van der Waals surface area contributed by atoms with E-state index >= 15 is 0 Å². The van der Waals surface area contributed by atoms with Crippen LogP contribution in [-0.2, 0) is 13.9 Å². The maximum atomic E-state index is 9.64. The molecule has 0 heterocycles. The number of carbonyl (C=O) groups excluding carboxylic acids is 1. The molecular weight excluding hydrogens is 147 g/mol. The van der Waals surface area contributed by atoms with Crippen LogP contribution in [0.5, 0.6) is 0 Å². The Balaban J connectivity index is 3.28. The van der Waals surface area contributed by atoms with Crippen molar-refractivity contribution in [1.82, 2.24) is 0 Å². The normalized spacial score (nSPS) is 11.3. The largest absolute Gasteiger partial charge is 0.790 e. The molecule has 0 amide bonds. The van der Waals surface area contributed by atoms with Gasteiger partial charge in [0.05, 0.1) is 14.4 Å². The van der Waals surface area contributed by atoms with E-state index in [0.717, 1.165) is 0 Å². The van der Waals surface area contributed by atoms with Crippen LogP contribution in [0.1, 0.15) is 6.42 Å². The van der Waals surface area contributed by atoms with Crippen LogP contribution < -0.4 is 9.79 Å². The van der Waals surface area contributed by atoms with Crippen LogP contribution in [0.4, 0.5) is 0 Å². The van der Waals surface area contributed by atoms with Gasteiger partial charge in [0, 0.05) is 6.42 Å². The highest BCUT2D eigenvalue weighted by molar-refractivity contribution is 7.43. The molecule has 0 unspecified atom stereocenters. The lowest BCUT2D eigenvalue weighted by atomic mass is 10.5. The molecule has 9 heavy (non-hydrogen) atoms. The summed E-state index contributed by atoms with van der Waals surface area (Å²) in [7, 11) is -4.85. The number of phosphoric ester groups is 1. The van der Waals surface area contributed by atoms with E-state index < -0.39 is 7.82 Å². The van der Waals surface area contributed by atoms with Crippen molar-refractivity contribution in [2.24, 2.45) is 0 Å². The van der Waals surface area contributed by atoms with Crippen LogP contribution in [-0.4, -0.2) is 12.9 Å². The summed E-state index contributed by atoms with van der Waals surface area (Å²) >= 11 is 0. The molecular formula is C3H5O5P-2. The maximum Gasteiger partial charge on any atom is 0.122 e. The van der Waals surface area contributed by atoms with Gasteiger partial charge >= 0.3 is 0 Å². The summed E-state index contributed by atoms with van der Waals surface area (Å²) in [6.45, 7) is -0.353. The average Bonchev–Trinajstić information content (AvgIpc) is 1.63. The third-order valence-electron chi connectivity index (χ3n) is 0.485. The molecule has 0 radical (unpaired) electrons. The van der Waals surface area contributed by atoms with E-state index in [1.807, 2.05) is 0 Å². The van der Waals surface area contributed by atoms with E-state index in [1.54, 1.807) is 0 Å². The zero-order chi connectivity index (χ0) is 7.33. The summed E-state index contributed by atoms with van der Waals surface area (Å²) in [4.78, 5) is 28.8. The van der Waals surface area contributed by atoms with Crippen molar-refractivity contribution in [1.29, 1.82) is 0 Å². The number of hydrogen-bond donors (Lipinski definition) is 0. The minimum atomic E-state index is -4.85. The molecule has 0 aliphatic heterocycles. The first-order valence-corrected chi connectivity index (χ1v) is 3.62. The van der Waals surface area contributed by atoms with E-state index in [0.29, 0.717) is 6.29 Å². The number of rotatable bonds is 4. The highest BCUT2D eigenvalue weighted by Gasteiger charge is 1.88. The number of aldehydes is 1. The Bertz CT molecular complexity index is 126. The molecule has 0 rings (SSSR count). The molecule has 0 aromatic heterocycles. The molecule has 0 aliphatic carbocycles. The van der Waals surface area contributed by atoms with Crippen molar-refractivity contribution in [3.05, 3.63) is 0 Å². The summed E-state index contributed by atoms with van der Waals surface area (Å²) < 4.78 is 13.3. The number of carbonyl (C=O) groups is 1. The second-order valence-corrected chi connectivity index (χ2v) is 2.39. The molecule has 0 aromatic rings. The molecule has 0 spiro atoms. The summed E-state index contributed by atoms with van der Waals surface area (Å²) in [5.41, 5.74) is 0. The van der Waals surface area contributed by atoms with Crippen LogP contribution in [0.2, 0.25) is 0 Å². The van der Waals surface area contributed by atoms with Gasteiger partial charge in [0.2, 0.25) is 0 Å². The van der Waals surface area contributed by atoms with Crippen molar-refractivity contribution in [2.75, 3.05) is 6.61 Å². The third-order valence-corrected chi connectivity index (χ3v) is 0.984. The van der Waals surface area contributed by atoms with Crippen LogP contribution in [0.3, 0.4) is 0 Å². The zero-order valence-electron chi connectivity index (χ0n) is 4.48. The van der Waals surface area contributed by atoms with E-state index in [1.165, 1.54) is 0 Å². The van der Waals surface area contributed by atoms with Gasteiger partial charge in [-0.05, 0) is 0 Å². The lowest BCUT2D eigenvalue weighted by Crippen LogP contribution is -2.16. The first-order valence-electron chi connectivity index (χ1n) is 2.16. The molecule has 5 nitrogen and oxygen atoms in total. The first-order chi connectivity index (χ1) is 4.06. The molecule has 6 heteroatoms. The van der Waals surface area contributed by atoms with E-state index in [4.69, 9.17) is 0 Å². The highest BCUT2D eigenvalue weighted by Crippen LogP contribution is 2.23. The second-order valence-electron chi connectivity index (χ2n) is 1.24. The molecule has 0 aromatic carbocycles. The average molecular weight is 152 g/mol.